The van der Waals surface area contributed by atoms with Crippen molar-refractivity contribution < 1.29 is 0 Å². The molecule has 0 amide bonds. The zero-order valence-corrected chi connectivity index (χ0v) is 9.84. The third kappa shape index (κ3) is 4.43. The maximum absolute atomic E-state index is 5.54. The van der Waals surface area contributed by atoms with E-state index in [-0.39, 0.29) is 0 Å². The van der Waals surface area contributed by atoms with Gasteiger partial charge in [-0.2, -0.15) is 0 Å². The first-order valence-electron chi connectivity index (χ1n) is 6.14. The summed E-state index contributed by atoms with van der Waals surface area (Å²) in [6.07, 6.45) is 5.30. The molecule has 0 radical (unpaired) electrons. The number of nitrogens with two attached hydrogens (primary N) is 1. The first kappa shape index (κ1) is 12.0. The van der Waals surface area contributed by atoms with Crippen molar-refractivity contribution in [2.45, 2.75) is 39.5 Å². The molecule has 1 heterocycles. The molecule has 1 rings (SSSR count). The molecule has 0 spiro atoms. The molecule has 0 aromatic carbocycles. The minimum Gasteiger partial charge on any atom is -0.330 e. The van der Waals surface area contributed by atoms with Crippen LogP contribution in [0.25, 0.3) is 0 Å². The molecule has 1 fully saturated rings. The van der Waals surface area contributed by atoms with Gasteiger partial charge in [0.1, 0.15) is 0 Å². The van der Waals surface area contributed by atoms with Crippen LogP contribution in [0.15, 0.2) is 0 Å². The monoisotopic (exact) mass is 198 g/mol. The van der Waals surface area contributed by atoms with Crippen LogP contribution in [0, 0.1) is 11.8 Å². The van der Waals surface area contributed by atoms with Crippen molar-refractivity contribution in [1.29, 1.82) is 0 Å². The summed E-state index contributed by atoms with van der Waals surface area (Å²) in [6.45, 7) is 9.45. The highest BCUT2D eigenvalue weighted by Crippen LogP contribution is 2.17. The third-order valence-electron chi connectivity index (χ3n) is 3.47. The van der Waals surface area contributed by atoms with Crippen LogP contribution in [0.2, 0.25) is 0 Å². The predicted molar refractivity (Wildman–Crippen MR) is 62.3 cm³/mol. The van der Waals surface area contributed by atoms with Crippen molar-refractivity contribution in [3.63, 3.8) is 0 Å². The second kappa shape index (κ2) is 6.41. The Bertz CT molecular complexity index is 139. The van der Waals surface area contributed by atoms with Gasteiger partial charge < -0.3 is 10.6 Å². The Morgan fingerprint density at radius 2 is 1.93 bits per heavy atom. The van der Waals surface area contributed by atoms with Gasteiger partial charge in [0.05, 0.1) is 0 Å². The van der Waals surface area contributed by atoms with Crippen LogP contribution in [0.1, 0.15) is 39.5 Å². The highest BCUT2D eigenvalue weighted by Gasteiger charge is 2.15. The lowest BCUT2D eigenvalue weighted by Crippen LogP contribution is -2.34. The fourth-order valence-electron chi connectivity index (χ4n) is 2.12. The maximum atomic E-state index is 5.54. The van der Waals surface area contributed by atoms with Crippen LogP contribution in [-0.4, -0.2) is 31.1 Å². The molecule has 2 nitrogen and oxygen atoms in total. The molecular formula is C12H26N2. The van der Waals surface area contributed by atoms with Crippen LogP contribution in [0.4, 0.5) is 0 Å². The first-order chi connectivity index (χ1) is 6.72. The lowest BCUT2D eigenvalue weighted by atomic mass is 9.98. The number of hydrogen-bond acceptors (Lipinski definition) is 2. The van der Waals surface area contributed by atoms with E-state index in [9.17, 15) is 0 Å². The van der Waals surface area contributed by atoms with Gasteiger partial charge >= 0.3 is 0 Å². The van der Waals surface area contributed by atoms with Gasteiger partial charge in [-0.15, -0.1) is 0 Å². The van der Waals surface area contributed by atoms with Gasteiger partial charge in [0.15, 0.2) is 0 Å². The SMILES string of the molecule is CC(CCN)CCN1CCC(C)CC1. The van der Waals surface area contributed by atoms with Gasteiger partial charge in [0.25, 0.3) is 0 Å². The molecule has 2 N–H and O–H groups in total. The molecule has 0 aromatic heterocycles. The summed E-state index contributed by atoms with van der Waals surface area (Å²) in [4.78, 5) is 2.62. The van der Waals surface area contributed by atoms with E-state index in [1.54, 1.807) is 0 Å². The number of likely N-dealkylation sites (tertiary alicyclic amines) is 1. The maximum Gasteiger partial charge on any atom is -0.00162 e. The fourth-order valence-corrected chi connectivity index (χ4v) is 2.12. The molecule has 1 aliphatic heterocycles. The molecule has 0 aliphatic carbocycles. The third-order valence-corrected chi connectivity index (χ3v) is 3.47. The van der Waals surface area contributed by atoms with Crippen molar-refractivity contribution in [1.82, 2.24) is 4.90 Å². The Kier molecular flexibility index (Phi) is 5.49. The molecule has 0 bridgehead atoms. The summed E-state index contributed by atoms with van der Waals surface area (Å²) < 4.78 is 0. The Morgan fingerprint density at radius 1 is 1.29 bits per heavy atom. The van der Waals surface area contributed by atoms with Crippen LogP contribution < -0.4 is 5.73 Å². The normalized spacial score (nSPS) is 22.5. The van der Waals surface area contributed by atoms with Crippen LogP contribution in [0.5, 0.6) is 0 Å². The molecular weight excluding hydrogens is 172 g/mol. The van der Waals surface area contributed by atoms with E-state index in [0.717, 1.165) is 18.4 Å². The quantitative estimate of drug-likeness (QED) is 0.733. The molecule has 2 heteroatoms. The molecule has 1 aliphatic rings. The van der Waals surface area contributed by atoms with E-state index in [4.69, 9.17) is 5.73 Å². The Morgan fingerprint density at radius 3 is 2.50 bits per heavy atom. The van der Waals surface area contributed by atoms with Crippen molar-refractivity contribution >= 4 is 0 Å². The lowest BCUT2D eigenvalue weighted by Gasteiger charge is -2.30. The molecule has 14 heavy (non-hydrogen) atoms. The van der Waals surface area contributed by atoms with E-state index in [1.807, 2.05) is 0 Å². The summed E-state index contributed by atoms with van der Waals surface area (Å²) in [7, 11) is 0. The average Bonchev–Trinajstić information content (AvgIpc) is 2.17. The molecule has 1 atom stereocenters. The largest absolute Gasteiger partial charge is 0.330 e. The van der Waals surface area contributed by atoms with E-state index in [1.165, 1.54) is 45.3 Å². The Labute approximate surface area is 88.8 Å². The Balaban J connectivity index is 2.06. The van der Waals surface area contributed by atoms with Crippen molar-refractivity contribution in [3.05, 3.63) is 0 Å². The van der Waals surface area contributed by atoms with Crippen molar-refractivity contribution in [3.8, 4) is 0 Å². The molecule has 1 unspecified atom stereocenters. The number of piperidine rings is 1. The Hall–Kier alpha value is -0.0800. The number of rotatable bonds is 5. The van der Waals surface area contributed by atoms with Gasteiger partial charge in [-0.1, -0.05) is 13.8 Å². The summed E-state index contributed by atoms with van der Waals surface area (Å²) in [5, 5.41) is 0. The van der Waals surface area contributed by atoms with E-state index >= 15 is 0 Å². The summed E-state index contributed by atoms with van der Waals surface area (Å²) >= 11 is 0. The number of nitrogens with zero attached hydrogens (tertiary/aromatic N) is 1. The summed E-state index contributed by atoms with van der Waals surface area (Å²) in [5.41, 5.74) is 5.54. The zero-order chi connectivity index (χ0) is 10.4. The van der Waals surface area contributed by atoms with Crippen molar-refractivity contribution in [2.24, 2.45) is 17.6 Å². The van der Waals surface area contributed by atoms with Gasteiger partial charge in [0, 0.05) is 0 Å². The van der Waals surface area contributed by atoms with E-state index in [0.29, 0.717) is 0 Å². The zero-order valence-electron chi connectivity index (χ0n) is 9.84. The van der Waals surface area contributed by atoms with Gasteiger partial charge in [-0.3, -0.25) is 0 Å². The van der Waals surface area contributed by atoms with Gasteiger partial charge in [0.2, 0.25) is 0 Å². The molecule has 84 valence electrons. The van der Waals surface area contributed by atoms with Crippen LogP contribution in [0.3, 0.4) is 0 Å². The summed E-state index contributed by atoms with van der Waals surface area (Å²) in [5.74, 6) is 1.76. The standard InChI is InChI=1S/C12H26N2/c1-11(3-7-13)4-8-14-9-5-12(2)6-10-14/h11-12H,3-10,13H2,1-2H3. The molecule has 0 aromatic rings. The highest BCUT2D eigenvalue weighted by molar-refractivity contribution is 4.70. The average molecular weight is 198 g/mol. The van der Waals surface area contributed by atoms with Crippen LogP contribution >= 0.6 is 0 Å². The minimum atomic E-state index is 0.805. The predicted octanol–water partition coefficient (Wildman–Crippen LogP) is 2.09. The fraction of sp³-hybridized carbons (Fsp3) is 1.00. The first-order valence-corrected chi connectivity index (χ1v) is 6.14. The molecule has 0 saturated carbocycles. The van der Waals surface area contributed by atoms with Gasteiger partial charge in [-0.05, 0) is 63.7 Å². The van der Waals surface area contributed by atoms with Crippen LogP contribution in [-0.2, 0) is 0 Å². The molecule has 1 saturated heterocycles. The number of hydrogen-bond donors (Lipinski definition) is 1. The van der Waals surface area contributed by atoms with Gasteiger partial charge in [-0.25, -0.2) is 0 Å². The topological polar surface area (TPSA) is 29.3 Å². The summed E-state index contributed by atoms with van der Waals surface area (Å²) in [6, 6.07) is 0. The van der Waals surface area contributed by atoms with E-state index in [2.05, 4.69) is 18.7 Å². The smallest absolute Gasteiger partial charge is 0.00162 e. The minimum absolute atomic E-state index is 0.805. The second-order valence-electron chi connectivity index (χ2n) is 5.00. The second-order valence-corrected chi connectivity index (χ2v) is 5.00. The van der Waals surface area contributed by atoms with E-state index < -0.39 is 0 Å². The highest BCUT2D eigenvalue weighted by atomic mass is 15.1. The van der Waals surface area contributed by atoms with Crippen molar-refractivity contribution in [2.75, 3.05) is 26.2 Å². The lowest BCUT2D eigenvalue weighted by molar-refractivity contribution is 0.182.